The highest BCUT2D eigenvalue weighted by Gasteiger charge is 2.01. The molecule has 4 heteroatoms. The van der Waals surface area contributed by atoms with Crippen molar-refractivity contribution < 1.29 is 14.3 Å². The van der Waals surface area contributed by atoms with E-state index in [1.54, 1.807) is 0 Å². The fraction of sp³-hybridized carbons (Fsp3) is 0.167. The van der Waals surface area contributed by atoms with Crippen LogP contribution in [0.1, 0.15) is 0 Å². The molecule has 0 fully saturated rings. The minimum atomic E-state index is -0.685. The number of halogens is 1. The molecule has 0 N–H and O–H groups in total. The van der Waals surface area contributed by atoms with Crippen LogP contribution < -0.4 is 0 Å². The summed E-state index contributed by atoms with van der Waals surface area (Å²) in [6.07, 6.45) is 2.29. The lowest BCUT2D eigenvalue weighted by Crippen LogP contribution is -1.97. The summed E-state index contributed by atoms with van der Waals surface area (Å²) < 4.78 is 8.81. The van der Waals surface area contributed by atoms with Gasteiger partial charge in [0.25, 0.3) is 0 Å². The van der Waals surface area contributed by atoms with Gasteiger partial charge in [-0.3, -0.25) is 0 Å². The van der Waals surface area contributed by atoms with Crippen molar-refractivity contribution in [2.45, 2.75) is 0 Å². The van der Waals surface area contributed by atoms with Gasteiger partial charge in [-0.15, -0.1) is 0 Å². The second kappa shape index (κ2) is 4.88. The summed E-state index contributed by atoms with van der Waals surface area (Å²) in [5.41, 5.74) is 0. The van der Waals surface area contributed by atoms with Crippen molar-refractivity contribution in [3.05, 3.63) is 24.1 Å². The Hall–Kier alpha value is -0.960. The average molecular weight is 163 g/mol. The summed E-state index contributed by atoms with van der Waals surface area (Å²) in [6.45, 7) is 3.15. The van der Waals surface area contributed by atoms with Gasteiger partial charge in [0.15, 0.2) is 0 Å². The van der Waals surface area contributed by atoms with Crippen molar-refractivity contribution in [1.82, 2.24) is 0 Å². The fourth-order valence-electron chi connectivity index (χ4n) is 0.209. The summed E-state index contributed by atoms with van der Waals surface area (Å²) in [4.78, 5) is 10.5. The molecule has 3 nitrogen and oxygen atoms in total. The zero-order valence-corrected chi connectivity index (χ0v) is 6.22. The maximum atomic E-state index is 10.5. The Balaban J connectivity index is 3.60. The lowest BCUT2D eigenvalue weighted by atomic mass is 10.6. The van der Waals surface area contributed by atoms with Crippen LogP contribution in [0.2, 0.25) is 0 Å². The highest BCUT2D eigenvalue weighted by atomic mass is 35.5. The Kier molecular flexibility index (Phi) is 4.41. The number of rotatable bonds is 3. The van der Waals surface area contributed by atoms with E-state index in [0.29, 0.717) is 0 Å². The first-order chi connectivity index (χ1) is 4.68. The number of carbonyl (C=O) groups is 1. The second-order valence-electron chi connectivity index (χ2n) is 1.32. The minimum Gasteiger partial charge on any atom is -0.501 e. The van der Waals surface area contributed by atoms with Gasteiger partial charge in [0.1, 0.15) is 17.6 Å². The topological polar surface area (TPSA) is 35.5 Å². The minimum absolute atomic E-state index is 0.166. The number of carbonyl (C=O) groups excluding carboxylic acids is 1. The molecule has 0 spiro atoms. The van der Waals surface area contributed by atoms with E-state index < -0.39 is 5.97 Å². The van der Waals surface area contributed by atoms with Crippen molar-refractivity contribution in [3.63, 3.8) is 0 Å². The molecule has 0 aliphatic heterocycles. The molecule has 0 atom stereocenters. The molecule has 0 aromatic heterocycles. The van der Waals surface area contributed by atoms with E-state index in [2.05, 4.69) is 16.1 Å². The molecule has 0 bridgehead atoms. The fourth-order valence-corrected chi connectivity index (χ4v) is 0.254. The van der Waals surface area contributed by atoms with Crippen LogP contribution in [0.5, 0.6) is 0 Å². The number of hydrogen-bond donors (Lipinski definition) is 0. The monoisotopic (exact) mass is 162 g/mol. The third kappa shape index (κ3) is 3.97. The zero-order chi connectivity index (χ0) is 7.98. The van der Waals surface area contributed by atoms with E-state index in [0.717, 1.165) is 6.26 Å². The van der Waals surface area contributed by atoms with E-state index in [-0.39, 0.29) is 5.03 Å². The zero-order valence-electron chi connectivity index (χ0n) is 5.46. The van der Waals surface area contributed by atoms with Gasteiger partial charge in [0.2, 0.25) is 0 Å². The predicted molar refractivity (Wildman–Crippen MR) is 37.2 cm³/mol. The van der Waals surface area contributed by atoms with Crippen molar-refractivity contribution in [2.24, 2.45) is 0 Å². The van der Waals surface area contributed by atoms with E-state index >= 15 is 0 Å². The predicted octanol–water partition coefficient (Wildman–Crippen LogP) is 1.40. The van der Waals surface area contributed by atoms with Crippen LogP contribution >= 0.6 is 11.6 Å². The normalized spacial score (nSPS) is 9.40. The van der Waals surface area contributed by atoms with Gasteiger partial charge in [0.05, 0.1) is 7.11 Å². The molecule has 0 rings (SSSR count). The smallest absolute Gasteiger partial charge is 0.354 e. The second-order valence-corrected chi connectivity index (χ2v) is 1.77. The molecular formula is C6H7ClO3. The van der Waals surface area contributed by atoms with Crippen molar-refractivity contribution in [2.75, 3.05) is 7.11 Å². The van der Waals surface area contributed by atoms with Crippen molar-refractivity contribution >= 4 is 17.6 Å². The van der Waals surface area contributed by atoms with Gasteiger partial charge in [-0.25, -0.2) is 4.79 Å². The number of hydrogen-bond acceptors (Lipinski definition) is 3. The Morgan fingerprint density at radius 2 is 2.20 bits per heavy atom. The Morgan fingerprint density at radius 3 is 2.60 bits per heavy atom. The first-order valence-electron chi connectivity index (χ1n) is 2.41. The van der Waals surface area contributed by atoms with Gasteiger partial charge < -0.3 is 9.47 Å². The standard InChI is InChI=1S/C6H7ClO3/c1-5(7)6(8)10-4-3-9-2/h3-4H,1H2,2H3. The highest BCUT2D eigenvalue weighted by Crippen LogP contribution is 1.99. The van der Waals surface area contributed by atoms with Crippen LogP contribution in [0.4, 0.5) is 0 Å². The summed E-state index contributed by atoms with van der Waals surface area (Å²) in [6, 6.07) is 0. The van der Waals surface area contributed by atoms with Crippen LogP contribution in [-0.2, 0) is 14.3 Å². The maximum Gasteiger partial charge on any atom is 0.354 e. The van der Waals surface area contributed by atoms with Crippen LogP contribution in [0.3, 0.4) is 0 Å². The molecular weight excluding hydrogens is 156 g/mol. The van der Waals surface area contributed by atoms with Crippen LogP contribution in [0, 0.1) is 0 Å². The van der Waals surface area contributed by atoms with Crippen LogP contribution in [0.15, 0.2) is 24.1 Å². The molecule has 0 aromatic rings. The summed E-state index contributed by atoms with van der Waals surface area (Å²) >= 11 is 5.16. The maximum absolute atomic E-state index is 10.5. The first kappa shape index (κ1) is 9.04. The van der Waals surface area contributed by atoms with E-state index in [4.69, 9.17) is 11.6 Å². The van der Waals surface area contributed by atoms with E-state index in [1.807, 2.05) is 0 Å². The summed E-state index contributed by atoms with van der Waals surface area (Å²) in [5, 5.41) is -0.166. The molecule has 0 radical (unpaired) electrons. The van der Waals surface area contributed by atoms with Crippen LogP contribution in [0.25, 0.3) is 0 Å². The van der Waals surface area contributed by atoms with Crippen LogP contribution in [-0.4, -0.2) is 13.1 Å². The lowest BCUT2D eigenvalue weighted by Gasteiger charge is -1.93. The van der Waals surface area contributed by atoms with Gasteiger partial charge in [-0.2, -0.15) is 0 Å². The highest BCUT2D eigenvalue weighted by molar-refractivity contribution is 6.40. The van der Waals surface area contributed by atoms with Gasteiger partial charge in [0, 0.05) is 0 Å². The molecule has 0 aliphatic rings. The third-order valence-corrected chi connectivity index (χ3v) is 0.743. The number of ether oxygens (including phenoxy) is 2. The SMILES string of the molecule is C=C(Cl)C(=O)OC=COC. The van der Waals surface area contributed by atoms with Crippen molar-refractivity contribution in [1.29, 1.82) is 0 Å². The molecule has 56 valence electrons. The molecule has 0 saturated heterocycles. The number of methoxy groups -OCH3 is 1. The largest absolute Gasteiger partial charge is 0.501 e. The Labute approximate surface area is 63.9 Å². The molecule has 0 aromatic carbocycles. The summed E-state index contributed by atoms with van der Waals surface area (Å²) in [5.74, 6) is -0.685. The molecule has 0 unspecified atom stereocenters. The first-order valence-corrected chi connectivity index (χ1v) is 2.79. The average Bonchev–Trinajstić information content (AvgIpc) is 1.88. The molecule has 0 heterocycles. The quantitative estimate of drug-likeness (QED) is 0.358. The lowest BCUT2D eigenvalue weighted by molar-refractivity contribution is -0.133. The van der Waals surface area contributed by atoms with Gasteiger partial charge in [-0.05, 0) is 0 Å². The molecule has 0 amide bonds. The molecule has 0 saturated carbocycles. The van der Waals surface area contributed by atoms with Gasteiger partial charge >= 0.3 is 5.97 Å². The Bertz CT molecular complexity index is 162. The number of esters is 1. The van der Waals surface area contributed by atoms with Crippen molar-refractivity contribution in [3.8, 4) is 0 Å². The third-order valence-electron chi connectivity index (χ3n) is 0.588. The molecule has 10 heavy (non-hydrogen) atoms. The summed E-state index contributed by atoms with van der Waals surface area (Å²) in [7, 11) is 1.43. The van der Waals surface area contributed by atoms with Gasteiger partial charge in [-0.1, -0.05) is 18.2 Å². The van der Waals surface area contributed by atoms with E-state index in [9.17, 15) is 4.79 Å². The Morgan fingerprint density at radius 1 is 1.60 bits per heavy atom. The molecule has 0 aliphatic carbocycles. The van der Waals surface area contributed by atoms with E-state index in [1.165, 1.54) is 13.4 Å².